The van der Waals surface area contributed by atoms with Crippen molar-refractivity contribution in [2.24, 2.45) is 7.05 Å². The second-order valence-corrected chi connectivity index (χ2v) is 9.77. The molecule has 1 atom stereocenters. The van der Waals surface area contributed by atoms with Gasteiger partial charge in [-0.05, 0) is 38.1 Å². The summed E-state index contributed by atoms with van der Waals surface area (Å²) in [4.78, 5) is 53.5. The Labute approximate surface area is 224 Å². The van der Waals surface area contributed by atoms with Crippen molar-refractivity contribution in [3.05, 3.63) is 76.2 Å². The number of ether oxygens (including phenoxy) is 2. The van der Waals surface area contributed by atoms with Gasteiger partial charge in [-0.15, -0.1) is 11.8 Å². The van der Waals surface area contributed by atoms with Crippen LogP contribution in [-0.2, 0) is 26.1 Å². The monoisotopic (exact) mass is 538 g/mol. The van der Waals surface area contributed by atoms with Crippen molar-refractivity contribution in [1.29, 1.82) is 0 Å². The van der Waals surface area contributed by atoms with Crippen LogP contribution in [-0.4, -0.2) is 70.2 Å². The minimum atomic E-state index is -0.949. The average molecular weight is 539 g/mol. The minimum Gasteiger partial charge on any atom is -0.449 e. The SMILES string of the molecule is Cc1c(NC(=O)CSc2ccccc2C(=O)OC(C)C(=O)N2CCOCC2)c(=O)n(-c2ccccc2)n1C. The molecular formula is C27H30N4O6S. The molecule has 0 aliphatic carbocycles. The summed E-state index contributed by atoms with van der Waals surface area (Å²) in [6.45, 7) is 5.13. The number of carbonyl (C=O) groups is 3. The molecule has 10 nitrogen and oxygen atoms in total. The molecule has 1 N–H and O–H groups in total. The number of carbonyl (C=O) groups excluding carboxylic acids is 3. The number of morpholine rings is 1. The second kappa shape index (κ2) is 12.1. The zero-order chi connectivity index (χ0) is 27.2. The maximum Gasteiger partial charge on any atom is 0.340 e. The first kappa shape index (κ1) is 27.2. The van der Waals surface area contributed by atoms with Crippen LogP contribution in [0.4, 0.5) is 5.69 Å². The van der Waals surface area contributed by atoms with Crippen LogP contribution in [0.2, 0.25) is 0 Å². The number of para-hydroxylation sites is 1. The van der Waals surface area contributed by atoms with Gasteiger partial charge in [-0.2, -0.15) is 0 Å². The summed E-state index contributed by atoms with van der Waals surface area (Å²) < 4.78 is 13.9. The van der Waals surface area contributed by atoms with E-state index in [0.717, 1.165) is 11.8 Å². The Morgan fingerprint density at radius 3 is 2.42 bits per heavy atom. The molecule has 200 valence electrons. The number of hydrogen-bond acceptors (Lipinski definition) is 7. The summed E-state index contributed by atoms with van der Waals surface area (Å²) in [5.41, 5.74) is 1.42. The number of nitrogens with one attached hydrogen (secondary N) is 1. The third-order valence-corrected chi connectivity index (χ3v) is 7.31. The molecule has 0 bridgehead atoms. The topological polar surface area (TPSA) is 112 Å². The lowest BCUT2D eigenvalue weighted by atomic mass is 10.2. The molecule has 1 saturated heterocycles. The molecular weight excluding hydrogens is 508 g/mol. The second-order valence-electron chi connectivity index (χ2n) is 8.75. The number of nitrogens with zero attached hydrogens (tertiary/aromatic N) is 3. The molecule has 2 aromatic carbocycles. The molecule has 0 saturated carbocycles. The number of hydrogen-bond donors (Lipinski definition) is 1. The van der Waals surface area contributed by atoms with Gasteiger partial charge in [-0.25, -0.2) is 9.48 Å². The number of amides is 2. The van der Waals surface area contributed by atoms with E-state index in [1.165, 1.54) is 4.68 Å². The lowest BCUT2D eigenvalue weighted by Crippen LogP contribution is -2.46. The van der Waals surface area contributed by atoms with Crippen LogP contribution in [0.25, 0.3) is 5.69 Å². The fraction of sp³-hybridized carbons (Fsp3) is 0.333. The van der Waals surface area contributed by atoms with Gasteiger partial charge in [0.25, 0.3) is 11.5 Å². The normalized spacial score (nSPS) is 14.1. The molecule has 38 heavy (non-hydrogen) atoms. The van der Waals surface area contributed by atoms with Gasteiger partial charge < -0.3 is 19.7 Å². The van der Waals surface area contributed by atoms with Gasteiger partial charge in [0.05, 0.1) is 35.9 Å². The van der Waals surface area contributed by atoms with E-state index in [9.17, 15) is 19.2 Å². The Morgan fingerprint density at radius 1 is 1.05 bits per heavy atom. The number of thioether (sulfide) groups is 1. The Hall–Kier alpha value is -3.83. The molecule has 1 aliphatic rings. The van der Waals surface area contributed by atoms with Gasteiger partial charge in [0.1, 0.15) is 5.69 Å². The highest BCUT2D eigenvalue weighted by molar-refractivity contribution is 8.00. The molecule has 4 rings (SSSR count). The van der Waals surface area contributed by atoms with Gasteiger partial charge in [0.2, 0.25) is 5.91 Å². The first-order valence-electron chi connectivity index (χ1n) is 12.2. The highest BCUT2D eigenvalue weighted by Crippen LogP contribution is 2.24. The Bertz CT molecular complexity index is 1380. The van der Waals surface area contributed by atoms with E-state index in [-0.39, 0.29) is 34.4 Å². The van der Waals surface area contributed by atoms with Crippen molar-refractivity contribution in [2.45, 2.75) is 24.8 Å². The molecule has 1 aliphatic heterocycles. The highest BCUT2D eigenvalue weighted by atomic mass is 32.2. The number of anilines is 1. The largest absolute Gasteiger partial charge is 0.449 e. The van der Waals surface area contributed by atoms with Crippen LogP contribution in [0.5, 0.6) is 0 Å². The first-order chi connectivity index (χ1) is 18.3. The molecule has 1 aromatic heterocycles. The van der Waals surface area contributed by atoms with Crippen LogP contribution < -0.4 is 10.9 Å². The average Bonchev–Trinajstić information content (AvgIpc) is 3.15. The summed E-state index contributed by atoms with van der Waals surface area (Å²) in [6.07, 6.45) is -0.949. The predicted molar refractivity (Wildman–Crippen MR) is 144 cm³/mol. The van der Waals surface area contributed by atoms with E-state index in [1.54, 1.807) is 54.7 Å². The van der Waals surface area contributed by atoms with Gasteiger partial charge in [0.15, 0.2) is 6.10 Å². The van der Waals surface area contributed by atoms with Crippen LogP contribution in [0.15, 0.2) is 64.3 Å². The lowest BCUT2D eigenvalue weighted by molar-refractivity contribution is -0.143. The summed E-state index contributed by atoms with van der Waals surface area (Å²) in [5, 5.41) is 2.72. The molecule has 2 heterocycles. The summed E-state index contributed by atoms with van der Waals surface area (Å²) >= 11 is 1.14. The third-order valence-electron chi connectivity index (χ3n) is 6.24. The zero-order valence-corrected chi connectivity index (χ0v) is 22.3. The van der Waals surface area contributed by atoms with E-state index in [4.69, 9.17) is 9.47 Å². The van der Waals surface area contributed by atoms with Crippen LogP contribution in [0.3, 0.4) is 0 Å². The van der Waals surface area contributed by atoms with Crippen molar-refractivity contribution in [3.63, 3.8) is 0 Å². The van der Waals surface area contributed by atoms with E-state index in [2.05, 4.69) is 5.32 Å². The molecule has 0 spiro atoms. The third kappa shape index (κ3) is 6.00. The van der Waals surface area contributed by atoms with Crippen molar-refractivity contribution in [2.75, 3.05) is 37.4 Å². The molecule has 3 aromatic rings. The van der Waals surface area contributed by atoms with E-state index in [0.29, 0.717) is 42.6 Å². The first-order valence-corrected chi connectivity index (χ1v) is 13.2. The standard InChI is InChI=1S/C27H30N4O6S/c1-18-24(26(34)31(29(18)3)20-9-5-4-6-10-20)28-23(32)17-38-22-12-8-7-11-21(22)27(35)37-19(2)25(33)30-13-15-36-16-14-30/h4-12,19H,13-17H2,1-3H3,(H,28,32). The van der Waals surface area contributed by atoms with Gasteiger partial charge in [0, 0.05) is 25.0 Å². The van der Waals surface area contributed by atoms with Crippen molar-refractivity contribution in [1.82, 2.24) is 14.3 Å². The Balaban J connectivity index is 1.41. The quantitative estimate of drug-likeness (QED) is 0.347. The van der Waals surface area contributed by atoms with Gasteiger partial charge >= 0.3 is 5.97 Å². The summed E-state index contributed by atoms with van der Waals surface area (Å²) in [7, 11) is 1.75. The van der Waals surface area contributed by atoms with E-state index < -0.39 is 12.1 Å². The summed E-state index contributed by atoms with van der Waals surface area (Å²) in [5.74, 6) is -1.34. The Kier molecular flexibility index (Phi) is 8.70. The smallest absolute Gasteiger partial charge is 0.340 e. The van der Waals surface area contributed by atoms with E-state index >= 15 is 0 Å². The zero-order valence-electron chi connectivity index (χ0n) is 21.5. The maximum atomic E-state index is 13.1. The molecule has 1 fully saturated rings. The van der Waals surface area contributed by atoms with Crippen LogP contribution in [0.1, 0.15) is 23.0 Å². The van der Waals surface area contributed by atoms with E-state index in [1.807, 2.05) is 30.3 Å². The van der Waals surface area contributed by atoms with Crippen LogP contribution >= 0.6 is 11.8 Å². The number of benzene rings is 2. The molecule has 11 heteroatoms. The van der Waals surface area contributed by atoms with Gasteiger partial charge in [-0.3, -0.25) is 19.1 Å². The molecule has 2 amide bonds. The summed E-state index contributed by atoms with van der Waals surface area (Å²) in [6, 6.07) is 15.9. The minimum absolute atomic E-state index is 0.0360. The van der Waals surface area contributed by atoms with Crippen molar-refractivity contribution >= 4 is 35.2 Å². The number of rotatable bonds is 8. The predicted octanol–water partition coefficient (Wildman–Crippen LogP) is 2.62. The number of aromatic nitrogens is 2. The van der Waals surface area contributed by atoms with Crippen LogP contribution in [0, 0.1) is 6.92 Å². The van der Waals surface area contributed by atoms with Crippen molar-refractivity contribution in [3.8, 4) is 5.69 Å². The fourth-order valence-electron chi connectivity index (χ4n) is 4.11. The lowest BCUT2D eigenvalue weighted by Gasteiger charge is -2.29. The number of esters is 1. The van der Waals surface area contributed by atoms with Gasteiger partial charge in [-0.1, -0.05) is 30.3 Å². The molecule has 1 unspecified atom stereocenters. The van der Waals surface area contributed by atoms with Crippen molar-refractivity contribution < 1.29 is 23.9 Å². The maximum absolute atomic E-state index is 13.1. The highest BCUT2D eigenvalue weighted by Gasteiger charge is 2.27. The fourth-order valence-corrected chi connectivity index (χ4v) is 4.95. The molecule has 0 radical (unpaired) electrons. The Morgan fingerprint density at radius 2 is 1.71 bits per heavy atom.